The number of nitrogen functional groups attached to an aromatic ring is 1. The highest BCUT2D eigenvalue weighted by Gasteiger charge is 2.54. The molecule has 0 spiro atoms. The Morgan fingerprint density at radius 1 is 1.43 bits per heavy atom. The molecule has 0 radical (unpaired) electrons. The molecule has 16 heteroatoms. The van der Waals surface area contributed by atoms with Crippen molar-refractivity contribution in [2.75, 3.05) is 19.5 Å². The lowest BCUT2D eigenvalue weighted by Crippen LogP contribution is -2.44. The summed E-state index contributed by atoms with van der Waals surface area (Å²) in [6.45, 7) is -0.820. The quantitative estimate of drug-likeness (QED) is 0.178. The average Bonchev–Trinajstić information content (AvgIpc) is 3.36. The number of fused-ring (bicyclic) bond motifs is 1. The lowest BCUT2D eigenvalue weighted by molar-refractivity contribution is -0.142. The summed E-state index contributed by atoms with van der Waals surface area (Å²) >= 11 is 5.63. The first-order valence-electron chi connectivity index (χ1n) is 11.1. The van der Waals surface area contributed by atoms with Crippen molar-refractivity contribution in [3.63, 3.8) is 0 Å². The highest BCUT2D eigenvalue weighted by atomic mass is 32.5. The molecule has 0 bridgehead atoms. The van der Waals surface area contributed by atoms with E-state index in [0.29, 0.717) is 5.75 Å². The number of rotatable bonds is 9. The third-order valence-electron chi connectivity index (χ3n) is 5.74. The predicted molar refractivity (Wildman–Crippen MR) is 135 cm³/mol. The van der Waals surface area contributed by atoms with Gasteiger partial charge in [0.2, 0.25) is 5.95 Å². The van der Waals surface area contributed by atoms with Gasteiger partial charge < -0.3 is 34.5 Å². The van der Waals surface area contributed by atoms with Gasteiger partial charge in [-0.1, -0.05) is 18.2 Å². The molecule has 1 aromatic carbocycles. The van der Waals surface area contributed by atoms with Crippen molar-refractivity contribution in [3.05, 3.63) is 47.0 Å². The summed E-state index contributed by atoms with van der Waals surface area (Å²) in [6, 6.07) is 7.75. The number of methoxy groups -OCH3 is 1. The van der Waals surface area contributed by atoms with Crippen LogP contribution in [-0.2, 0) is 30.6 Å². The Morgan fingerprint density at radius 2 is 2.14 bits per heavy atom. The second kappa shape index (κ2) is 10.5. The Morgan fingerprint density at radius 3 is 2.81 bits per heavy atom. The summed E-state index contributed by atoms with van der Waals surface area (Å²) in [5, 5.41) is 24.9. The summed E-state index contributed by atoms with van der Waals surface area (Å²) < 4.78 is 23.8. The Labute approximate surface area is 215 Å². The molecule has 0 amide bonds. The second-order valence-electron chi connectivity index (χ2n) is 8.54. The number of aliphatic hydroxyl groups excluding tert-OH is 1. The molecule has 4 rings (SSSR count). The van der Waals surface area contributed by atoms with E-state index in [0.717, 1.165) is 0 Å². The number of benzene rings is 1. The van der Waals surface area contributed by atoms with Crippen molar-refractivity contribution in [3.8, 4) is 5.75 Å². The van der Waals surface area contributed by atoms with Gasteiger partial charge in [-0.05, 0) is 37.8 Å². The molecule has 3 aromatic rings. The number of aromatic amines is 1. The number of ether oxygens (including phenoxy) is 2. The van der Waals surface area contributed by atoms with Gasteiger partial charge in [0, 0.05) is 0 Å². The third kappa shape index (κ3) is 5.52. The van der Waals surface area contributed by atoms with E-state index in [9.17, 15) is 19.8 Å². The monoisotopic (exact) mass is 554 g/mol. The standard InChI is InChI=1S/C21H27N6O8PS/c1-11(18(30)32-3)26-36(37,35-12-7-5-4-6-8-12)33-9-13-15(28)21(2,31)19(34-13)27-10-23-14-16(27)24-20(22)25-17(14)29/h4-8,10-11,13,15,19,28,31H,9H2,1-3H3,(H,26,37)(H3,22,24,25,29)/t11?,13-,15-,19-,21-,36?/m1/s1. The Hall–Kier alpha value is -2.91. The minimum Gasteiger partial charge on any atom is -0.468 e. The number of hydrogen-bond donors (Lipinski definition) is 5. The summed E-state index contributed by atoms with van der Waals surface area (Å²) in [5.41, 5.74) is 3.29. The van der Waals surface area contributed by atoms with Crippen molar-refractivity contribution in [2.24, 2.45) is 0 Å². The second-order valence-corrected chi connectivity index (χ2v) is 11.7. The molecular formula is C21H27N6O8PS. The molecule has 1 aliphatic heterocycles. The van der Waals surface area contributed by atoms with Crippen LogP contribution in [0.1, 0.15) is 20.1 Å². The maximum atomic E-state index is 12.2. The molecular weight excluding hydrogens is 527 g/mol. The minimum absolute atomic E-state index is 0.0180. The predicted octanol–water partition coefficient (Wildman–Crippen LogP) is 0.182. The van der Waals surface area contributed by atoms with Crippen molar-refractivity contribution in [2.45, 2.75) is 43.9 Å². The smallest absolute Gasteiger partial charge is 0.323 e. The van der Waals surface area contributed by atoms with Gasteiger partial charge in [0.25, 0.3) is 5.56 Å². The number of H-pyrrole nitrogens is 1. The Kier molecular flexibility index (Phi) is 7.67. The van der Waals surface area contributed by atoms with Crippen LogP contribution in [0.15, 0.2) is 41.5 Å². The molecule has 14 nitrogen and oxygen atoms in total. The Bertz CT molecular complexity index is 1380. The van der Waals surface area contributed by atoms with Crippen molar-refractivity contribution < 1.29 is 33.5 Å². The lowest BCUT2D eigenvalue weighted by atomic mass is 9.96. The van der Waals surface area contributed by atoms with E-state index in [2.05, 4.69) is 20.0 Å². The van der Waals surface area contributed by atoms with Crippen LogP contribution in [-0.4, -0.2) is 73.3 Å². The van der Waals surface area contributed by atoms with Gasteiger partial charge in [-0.25, -0.2) is 10.1 Å². The average molecular weight is 555 g/mol. The van der Waals surface area contributed by atoms with Gasteiger partial charge in [0.15, 0.2) is 17.4 Å². The largest absolute Gasteiger partial charge is 0.468 e. The highest BCUT2D eigenvalue weighted by molar-refractivity contribution is 8.09. The molecule has 1 saturated heterocycles. The number of nitrogens with zero attached hydrogens (tertiary/aromatic N) is 3. The first kappa shape index (κ1) is 27.1. The number of aliphatic hydroxyl groups is 2. The van der Waals surface area contributed by atoms with E-state index in [1.54, 1.807) is 30.3 Å². The van der Waals surface area contributed by atoms with Crippen molar-refractivity contribution >= 4 is 41.5 Å². The zero-order valence-corrected chi connectivity index (χ0v) is 21.8. The fourth-order valence-electron chi connectivity index (χ4n) is 3.84. The van der Waals surface area contributed by atoms with E-state index in [1.165, 1.54) is 31.9 Å². The van der Waals surface area contributed by atoms with Crippen LogP contribution in [0.2, 0.25) is 0 Å². The first-order valence-corrected chi connectivity index (χ1v) is 13.7. The van der Waals surface area contributed by atoms with E-state index >= 15 is 0 Å². The van der Waals surface area contributed by atoms with Crippen LogP contribution in [0.25, 0.3) is 11.2 Å². The minimum atomic E-state index is -3.40. The summed E-state index contributed by atoms with van der Waals surface area (Å²) in [7, 11) is 1.24. The number of para-hydroxylation sites is 1. The van der Waals surface area contributed by atoms with Crippen LogP contribution in [0.5, 0.6) is 5.75 Å². The number of carbonyl (C=O) groups is 1. The maximum Gasteiger partial charge on any atom is 0.323 e. The van der Waals surface area contributed by atoms with Gasteiger partial charge in [-0.15, -0.1) is 0 Å². The highest BCUT2D eigenvalue weighted by Crippen LogP contribution is 2.47. The van der Waals surface area contributed by atoms with E-state index in [1.807, 2.05) is 0 Å². The molecule has 3 heterocycles. The molecule has 200 valence electrons. The number of imidazole rings is 1. The first-order chi connectivity index (χ1) is 17.4. The van der Waals surface area contributed by atoms with Gasteiger partial charge >= 0.3 is 12.6 Å². The number of aromatic nitrogens is 4. The molecule has 0 saturated carbocycles. The number of nitrogens with one attached hydrogen (secondary N) is 2. The number of anilines is 1. The topological polar surface area (TPSA) is 196 Å². The van der Waals surface area contributed by atoms with Crippen molar-refractivity contribution in [1.82, 2.24) is 24.6 Å². The normalized spacial score (nSPS) is 26.0. The molecule has 0 aliphatic carbocycles. The van der Waals surface area contributed by atoms with Crippen molar-refractivity contribution in [1.29, 1.82) is 0 Å². The van der Waals surface area contributed by atoms with Crippen LogP contribution in [0.4, 0.5) is 5.95 Å². The lowest BCUT2D eigenvalue weighted by Gasteiger charge is -2.28. The molecule has 6 atom stereocenters. The maximum absolute atomic E-state index is 12.2. The number of nitrogens with two attached hydrogens (primary N) is 1. The summed E-state index contributed by atoms with van der Waals surface area (Å²) in [6.07, 6.45) is -2.49. The fourth-order valence-corrected chi connectivity index (χ4v) is 6.26. The number of esters is 1. The summed E-state index contributed by atoms with van der Waals surface area (Å²) in [4.78, 5) is 34.6. The van der Waals surface area contributed by atoms with Gasteiger partial charge in [-0.2, -0.15) is 4.98 Å². The fraction of sp³-hybridized carbons (Fsp3) is 0.429. The number of carbonyl (C=O) groups excluding carboxylic acids is 1. The van der Waals surface area contributed by atoms with E-state index < -0.39 is 48.2 Å². The van der Waals surface area contributed by atoms with Crippen LogP contribution < -0.4 is 20.9 Å². The van der Waals surface area contributed by atoms with Crippen LogP contribution in [0.3, 0.4) is 0 Å². The van der Waals surface area contributed by atoms with Crippen LogP contribution in [0, 0.1) is 0 Å². The van der Waals surface area contributed by atoms with Gasteiger partial charge in [0.1, 0.15) is 29.6 Å². The molecule has 2 aromatic heterocycles. The van der Waals surface area contributed by atoms with Gasteiger partial charge in [-0.3, -0.25) is 19.1 Å². The zero-order valence-electron chi connectivity index (χ0n) is 20.1. The summed E-state index contributed by atoms with van der Waals surface area (Å²) in [5.74, 6) is -0.336. The Balaban J connectivity index is 1.57. The number of hydrogen-bond acceptors (Lipinski definition) is 12. The molecule has 6 N–H and O–H groups in total. The van der Waals surface area contributed by atoms with E-state index in [4.69, 9.17) is 36.1 Å². The SMILES string of the molecule is COC(=O)C(C)NP(=S)(OC[C@H]1O[C@@H](n2cnc3c(=O)[nH]c(N)nc32)[C@](C)(O)[C@@H]1O)Oc1ccccc1. The third-order valence-corrected chi connectivity index (χ3v) is 8.24. The molecule has 2 unspecified atom stereocenters. The van der Waals surface area contributed by atoms with Gasteiger partial charge in [0.05, 0.1) is 20.0 Å². The van der Waals surface area contributed by atoms with E-state index in [-0.39, 0.29) is 23.7 Å². The molecule has 1 fully saturated rings. The molecule has 37 heavy (non-hydrogen) atoms. The molecule has 1 aliphatic rings. The zero-order chi connectivity index (χ0) is 27.0. The van der Waals surface area contributed by atoms with Crippen LogP contribution >= 0.6 is 6.64 Å².